The van der Waals surface area contributed by atoms with Crippen LogP contribution in [0.3, 0.4) is 0 Å². The highest BCUT2D eigenvalue weighted by Gasteiger charge is 2.21. The van der Waals surface area contributed by atoms with Crippen molar-refractivity contribution in [3.63, 3.8) is 0 Å². The van der Waals surface area contributed by atoms with E-state index in [2.05, 4.69) is 15.2 Å². The highest BCUT2D eigenvalue weighted by Crippen LogP contribution is 2.40. The van der Waals surface area contributed by atoms with E-state index in [0.29, 0.717) is 16.5 Å². The van der Waals surface area contributed by atoms with Gasteiger partial charge in [0.15, 0.2) is 11.5 Å². The van der Waals surface area contributed by atoms with Crippen LogP contribution in [0, 0.1) is 0 Å². The smallest absolute Gasteiger partial charge is 0.244 e. The third-order valence-electron chi connectivity index (χ3n) is 4.92. The summed E-state index contributed by atoms with van der Waals surface area (Å²) in [6.07, 6.45) is 6.96. The number of benzene rings is 1. The van der Waals surface area contributed by atoms with Gasteiger partial charge in [-0.2, -0.15) is 0 Å². The number of likely N-dealkylation sites (tertiary alicyclic amines) is 1. The van der Waals surface area contributed by atoms with E-state index in [0.717, 1.165) is 43.7 Å². The lowest BCUT2D eigenvalue weighted by atomic mass is 10.0. The second-order valence-electron chi connectivity index (χ2n) is 6.95. The standard InChI is InChI=1S/C21H22ClN3O3/c22-18-11-15(12-19-21(18)28-14-27-19)4-5-20(26)24-16-6-9-25(10-7-16)13-17-3-1-2-8-23-17/h1-5,8,11-12,16H,6-7,9-10,13-14H2,(H,24,26). The van der Waals surface area contributed by atoms with Crippen molar-refractivity contribution in [3.8, 4) is 11.5 Å². The minimum absolute atomic E-state index is 0.100. The van der Waals surface area contributed by atoms with Crippen LogP contribution >= 0.6 is 11.6 Å². The van der Waals surface area contributed by atoms with Gasteiger partial charge in [0.2, 0.25) is 12.7 Å². The van der Waals surface area contributed by atoms with Gasteiger partial charge in [-0.1, -0.05) is 17.7 Å². The minimum atomic E-state index is -0.100. The topological polar surface area (TPSA) is 63.7 Å². The molecule has 0 bridgehead atoms. The predicted molar refractivity (Wildman–Crippen MR) is 107 cm³/mol. The average molecular weight is 400 g/mol. The molecule has 0 atom stereocenters. The Labute approximate surface area is 169 Å². The molecule has 1 aromatic heterocycles. The number of ether oxygens (including phenoxy) is 2. The number of nitrogens with zero attached hydrogens (tertiary/aromatic N) is 2. The Morgan fingerprint density at radius 1 is 1.29 bits per heavy atom. The van der Waals surface area contributed by atoms with Gasteiger partial charge in [0.05, 0.1) is 10.7 Å². The monoisotopic (exact) mass is 399 g/mol. The molecule has 6 nitrogen and oxygen atoms in total. The molecule has 2 aliphatic rings. The van der Waals surface area contributed by atoms with Gasteiger partial charge in [-0.05, 0) is 48.7 Å². The molecule has 1 N–H and O–H groups in total. The van der Waals surface area contributed by atoms with Crippen molar-refractivity contribution in [3.05, 3.63) is 58.9 Å². The van der Waals surface area contributed by atoms with Crippen LogP contribution in [0.25, 0.3) is 6.08 Å². The quantitative estimate of drug-likeness (QED) is 0.782. The van der Waals surface area contributed by atoms with Gasteiger partial charge in [0, 0.05) is 37.9 Å². The minimum Gasteiger partial charge on any atom is -0.454 e. The molecule has 2 aromatic rings. The Morgan fingerprint density at radius 3 is 2.93 bits per heavy atom. The van der Waals surface area contributed by atoms with Gasteiger partial charge in [-0.25, -0.2) is 0 Å². The zero-order valence-corrected chi connectivity index (χ0v) is 16.2. The van der Waals surface area contributed by atoms with Crippen LogP contribution in [0.15, 0.2) is 42.6 Å². The second-order valence-corrected chi connectivity index (χ2v) is 7.36. The highest BCUT2D eigenvalue weighted by molar-refractivity contribution is 6.32. The number of fused-ring (bicyclic) bond motifs is 1. The maximum absolute atomic E-state index is 12.3. The van der Waals surface area contributed by atoms with Crippen LogP contribution < -0.4 is 14.8 Å². The molecule has 0 saturated carbocycles. The van der Waals surface area contributed by atoms with E-state index in [1.54, 1.807) is 12.1 Å². The van der Waals surface area contributed by atoms with E-state index < -0.39 is 0 Å². The number of nitrogens with one attached hydrogen (secondary N) is 1. The van der Waals surface area contributed by atoms with Gasteiger partial charge in [-0.3, -0.25) is 14.7 Å². The molecule has 146 valence electrons. The van der Waals surface area contributed by atoms with Gasteiger partial charge in [0.25, 0.3) is 0 Å². The summed E-state index contributed by atoms with van der Waals surface area (Å²) in [5, 5.41) is 3.57. The van der Waals surface area contributed by atoms with E-state index in [-0.39, 0.29) is 18.7 Å². The Bertz CT molecular complexity index is 865. The molecule has 7 heteroatoms. The lowest BCUT2D eigenvalue weighted by Gasteiger charge is -2.31. The fourth-order valence-corrected chi connectivity index (χ4v) is 3.73. The summed E-state index contributed by atoms with van der Waals surface area (Å²) >= 11 is 6.17. The Kier molecular flexibility index (Phi) is 5.78. The van der Waals surface area contributed by atoms with Crippen LogP contribution in [-0.4, -0.2) is 41.7 Å². The van der Waals surface area contributed by atoms with Crippen molar-refractivity contribution in [2.45, 2.75) is 25.4 Å². The number of aromatic nitrogens is 1. The fraction of sp³-hybridized carbons (Fsp3) is 0.333. The van der Waals surface area contributed by atoms with Gasteiger partial charge < -0.3 is 14.8 Å². The number of rotatable bonds is 5. The summed E-state index contributed by atoms with van der Waals surface area (Å²) in [7, 11) is 0. The van der Waals surface area contributed by atoms with Crippen LogP contribution in [0.4, 0.5) is 0 Å². The van der Waals surface area contributed by atoms with E-state index >= 15 is 0 Å². The normalized spacial score (nSPS) is 17.2. The lowest BCUT2D eigenvalue weighted by Crippen LogP contribution is -2.43. The molecule has 0 aliphatic carbocycles. The molecule has 1 aromatic carbocycles. The lowest BCUT2D eigenvalue weighted by molar-refractivity contribution is -0.117. The first-order chi connectivity index (χ1) is 13.7. The maximum atomic E-state index is 12.3. The van der Waals surface area contributed by atoms with Gasteiger partial charge in [-0.15, -0.1) is 0 Å². The first kappa shape index (κ1) is 18.8. The van der Waals surface area contributed by atoms with Crippen molar-refractivity contribution in [1.82, 2.24) is 15.2 Å². The molecule has 0 unspecified atom stereocenters. The third kappa shape index (κ3) is 4.64. The van der Waals surface area contributed by atoms with Crippen LogP contribution in [0.5, 0.6) is 11.5 Å². The number of hydrogen-bond donors (Lipinski definition) is 1. The van der Waals surface area contributed by atoms with Gasteiger partial charge >= 0.3 is 0 Å². The molecule has 0 radical (unpaired) electrons. The van der Waals surface area contributed by atoms with Crippen LogP contribution in [-0.2, 0) is 11.3 Å². The molecule has 1 amide bonds. The van der Waals surface area contributed by atoms with Crippen LogP contribution in [0.2, 0.25) is 5.02 Å². The summed E-state index contributed by atoms with van der Waals surface area (Å²) in [5.41, 5.74) is 1.88. The van der Waals surface area contributed by atoms with Crippen molar-refractivity contribution in [2.75, 3.05) is 19.9 Å². The zero-order chi connectivity index (χ0) is 19.3. The molecule has 3 heterocycles. The predicted octanol–water partition coefficient (Wildman–Crippen LogP) is 3.26. The number of halogens is 1. The first-order valence-electron chi connectivity index (χ1n) is 9.37. The highest BCUT2D eigenvalue weighted by atomic mass is 35.5. The number of pyridine rings is 1. The molecular weight excluding hydrogens is 378 g/mol. The second kappa shape index (κ2) is 8.63. The molecule has 28 heavy (non-hydrogen) atoms. The number of hydrogen-bond acceptors (Lipinski definition) is 5. The first-order valence-corrected chi connectivity index (χ1v) is 9.75. The van der Waals surface area contributed by atoms with Crippen molar-refractivity contribution in [1.29, 1.82) is 0 Å². The fourth-order valence-electron chi connectivity index (χ4n) is 3.46. The molecule has 0 spiro atoms. The summed E-state index contributed by atoms with van der Waals surface area (Å²) < 4.78 is 10.6. The van der Waals surface area contributed by atoms with E-state index in [1.165, 1.54) is 6.08 Å². The molecule has 2 aliphatic heterocycles. The van der Waals surface area contributed by atoms with Crippen molar-refractivity contribution in [2.24, 2.45) is 0 Å². The summed E-state index contributed by atoms with van der Waals surface area (Å²) in [4.78, 5) is 19.0. The van der Waals surface area contributed by atoms with E-state index in [4.69, 9.17) is 21.1 Å². The average Bonchev–Trinajstić information content (AvgIpc) is 3.18. The SMILES string of the molecule is O=C(C=Cc1cc(Cl)c2c(c1)OCO2)NC1CCN(Cc2ccccn2)CC1. The molecule has 1 saturated heterocycles. The molecular formula is C21H22ClN3O3. The Balaban J connectivity index is 1.26. The number of piperidine rings is 1. The summed E-state index contributed by atoms with van der Waals surface area (Å²) in [5.74, 6) is 1.06. The summed E-state index contributed by atoms with van der Waals surface area (Å²) in [6, 6.07) is 9.74. The number of carbonyl (C=O) groups is 1. The zero-order valence-electron chi connectivity index (χ0n) is 15.4. The number of carbonyl (C=O) groups excluding carboxylic acids is 1. The Hall–Kier alpha value is -2.57. The summed E-state index contributed by atoms with van der Waals surface area (Å²) in [6.45, 7) is 2.92. The van der Waals surface area contributed by atoms with Crippen molar-refractivity contribution >= 4 is 23.6 Å². The van der Waals surface area contributed by atoms with Gasteiger partial charge in [0.1, 0.15) is 0 Å². The largest absolute Gasteiger partial charge is 0.454 e. The van der Waals surface area contributed by atoms with E-state index in [1.807, 2.05) is 30.5 Å². The maximum Gasteiger partial charge on any atom is 0.244 e. The number of amides is 1. The molecule has 1 fully saturated rings. The Morgan fingerprint density at radius 2 is 2.14 bits per heavy atom. The van der Waals surface area contributed by atoms with Crippen molar-refractivity contribution < 1.29 is 14.3 Å². The van der Waals surface area contributed by atoms with E-state index in [9.17, 15) is 4.79 Å². The third-order valence-corrected chi connectivity index (χ3v) is 5.20. The molecule has 4 rings (SSSR count). The van der Waals surface area contributed by atoms with Crippen LogP contribution in [0.1, 0.15) is 24.1 Å².